The number of hydrogen-bond donors (Lipinski definition) is 4. The Kier molecular flexibility index (Phi) is 3.87. The number of nitrogens with zero attached hydrogens (tertiary/aromatic N) is 2. The third-order valence-corrected chi connectivity index (χ3v) is 2.54. The lowest BCUT2D eigenvalue weighted by Crippen LogP contribution is -2.19. The molecule has 19 heavy (non-hydrogen) atoms. The molecule has 0 saturated heterocycles. The number of aromatic nitrogens is 3. The fourth-order valence-corrected chi connectivity index (χ4v) is 1.61. The Balaban J connectivity index is 2.20. The van der Waals surface area contributed by atoms with Gasteiger partial charge in [0.15, 0.2) is 0 Å². The summed E-state index contributed by atoms with van der Waals surface area (Å²) in [4.78, 5) is 22.4. The molecule has 0 fully saturated rings. The predicted molar refractivity (Wildman–Crippen MR) is 73.9 cm³/mol. The first kappa shape index (κ1) is 12.7. The first-order valence-electron chi connectivity index (χ1n) is 5.70. The minimum absolute atomic E-state index is 0.282. The van der Waals surface area contributed by atoms with E-state index in [1.54, 1.807) is 19.4 Å². The van der Waals surface area contributed by atoms with Gasteiger partial charge in [-0.1, -0.05) is 0 Å². The Hall–Kier alpha value is -2.70. The molecule has 0 radical (unpaired) electrons. The van der Waals surface area contributed by atoms with Crippen molar-refractivity contribution >= 4 is 17.9 Å². The van der Waals surface area contributed by atoms with E-state index in [0.29, 0.717) is 18.2 Å². The maximum atomic E-state index is 11.8. The van der Waals surface area contributed by atoms with Crippen LogP contribution in [0.2, 0.25) is 0 Å². The molecule has 0 aliphatic carbocycles. The Bertz CT molecular complexity index is 622. The van der Waals surface area contributed by atoms with Crippen molar-refractivity contribution in [2.75, 3.05) is 17.7 Å². The van der Waals surface area contributed by atoms with E-state index in [1.807, 2.05) is 12.1 Å². The smallest absolute Gasteiger partial charge is 0.276 e. The Morgan fingerprint density at radius 2 is 2.16 bits per heavy atom. The predicted octanol–water partition coefficient (Wildman–Crippen LogP) is 0.816. The van der Waals surface area contributed by atoms with E-state index < -0.39 is 0 Å². The number of anilines is 2. The Labute approximate surface area is 109 Å². The van der Waals surface area contributed by atoms with Gasteiger partial charge in [-0.15, -0.1) is 0 Å². The lowest BCUT2D eigenvalue weighted by Gasteiger charge is -2.08. The van der Waals surface area contributed by atoms with Crippen LogP contribution in [-0.4, -0.2) is 28.2 Å². The minimum atomic E-state index is -0.312. The van der Waals surface area contributed by atoms with E-state index in [9.17, 15) is 4.79 Å². The monoisotopic (exact) mass is 258 g/mol. The summed E-state index contributed by atoms with van der Waals surface area (Å²) >= 11 is 0. The molecule has 2 aromatic heterocycles. The highest BCUT2D eigenvalue weighted by molar-refractivity contribution is 5.83. The summed E-state index contributed by atoms with van der Waals surface area (Å²) in [5, 5.41) is 13.0. The van der Waals surface area contributed by atoms with Crippen molar-refractivity contribution in [1.29, 1.82) is 5.41 Å². The van der Waals surface area contributed by atoms with Gasteiger partial charge in [-0.2, -0.15) is 0 Å². The van der Waals surface area contributed by atoms with Gasteiger partial charge in [0.1, 0.15) is 11.4 Å². The molecule has 98 valence electrons. The SMILES string of the molecule is CNc1c(C=N)nc(NCc2ccncc2)[nH]c1=O. The first-order valence-corrected chi connectivity index (χ1v) is 5.70. The molecule has 0 unspecified atom stereocenters. The van der Waals surface area contributed by atoms with Crippen molar-refractivity contribution in [1.82, 2.24) is 15.0 Å². The summed E-state index contributed by atoms with van der Waals surface area (Å²) in [7, 11) is 1.61. The van der Waals surface area contributed by atoms with Gasteiger partial charge < -0.3 is 16.0 Å². The number of H-pyrrole nitrogens is 1. The van der Waals surface area contributed by atoms with Crippen molar-refractivity contribution in [3.05, 3.63) is 46.1 Å². The molecule has 0 spiro atoms. The summed E-state index contributed by atoms with van der Waals surface area (Å²) < 4.78 is 0. The van der Waals surface area contributed by atoms with E-state index in [4.69, 9.17) is 5.41 Å². The standard InChI is InChI=1S/C12H14N6O/c1-14-10-9(6-13)17-12(18-11(10)19)16-7-8-2-4-15-5-3-8/h2-6,13-14H,7H2,1H3,(H2,16,17,18,19). The van der Waals surface area contributed by atoms with Crippen molar-refractivity contribution in [3.63, 3.8) is 0 Å². The molecule has 4 N–H and O–H groups in total. The van der Waals surface area contributed by atoms with Crippen LogP contribution in [0.5, 0.6) is 0 Å². The minimum Gasteiger partial charge on any atom is -0.382 e. The first-order chi connectivity index (χ1) is 9.24. The molecule has 0 amide bonds. The molecular weight excluding hydrogens is 244 g/mol. The summed E-state index contributed by atoms with van der Waals surface area (Å²) in [5.74, 6) is 0.333. The second kappa shape index (κ2) is 5.76. The van der Waals surface area contributed by atoms with Crippen LogP contribution in [0.3, 0.4) is 0 Å². The van der Waals surface area contributed by atoms with E-state index in [-0.39, 0.29) is 11.2 Å². The van der Waals surface area contributed by atoms with Gasteiger partial charge >= 0.3 is 0 Å². The molecule has 7 nitrogen and oxygen atoms in total. The normalized spacial score (nSPS) is 9.95. The number of rotatable bonds is 5. The second-order valence-corrected chi connectivity index (χ2v) is 3.78. The van der Waals surface area contributed by atoms with Crippen molar-refractivity contribution in [2.45, 2.75) is 6.54 Å². The summed E-state index contributed by atoms with van der Waals surface area (Å²) in [6, 6.07) is 3.73. The molecule has 2 heterocycles. The molecule has 2 aromatic rings. The molecule has 0 aliphatic rings. The molecular formula is C12H14N6O. The Morgan fingerprint density at radius 1 is 1.42 bits per heavy atom. The van der Waals surface area contributed by atoms with Crippen LogP contribution in [0, 0.1) is 5.41 Å². The van der Waals surface area contributed by atoms with Gasteiger partial charge in [-0.25, -0.2) is 4.98 Å². The molecule has 0 aliphatic heterocycles. The molecule has 0 saturated carbocycles. The average molecular weight is 258 g/mol. The largest absolute Gasteiger partial charge is 0.382 e. The van der Waals surface area contributed by atoms with Crippen LogP contribution in [0.1, 0.15) is 11.3 Å². The zero-order valence-corrected chi connectivity index (χ0v) is 10.4. The maximum absolute atomic E-state index is 11.8. The average Bonchev–Trinajstić information content (AvgIpc) is 2.45. The van der Waals surface area contributed by atoms with Crippen LogP contribution in [0.25, 0.3) is 0 Å². The highest BCUT2D eigenvalue weighted by Crippen LogP contribution is 2.07. The summed E-state index contributed by atoms with van der Waals surface area (Å²) in [5.41, 5.74) is 1.29. The van der Waals surface area contributed by atoms with Gasteiger partial charge in [-0.3, -0.25) is 14.8 Å². The van der Waals surface area contributed by atoms with Crippen molar-refractivity contribution < 1.29 is 0 Å². The number of nitrogens with one attached hydrogen (secondary N) is 4. The molecule has 7 heteroatoms. The Morgan fingerprint density at radius 3 is 2.79 bits per heavy atom. The molecule has 0 atom stereocenters. The summed E-state index contributed by atoms with van der Waals surface area (Å²) in [6.45, 7) is 0.516. The fourth-order valence-electron chi connectivity index (χ4n) is 1.61. The zero-order chi connectivity index (χ0) is 13.7. The van der Waals surface area contributed by atoms with E-state index in [0.717, 1.165) is 11.8 Å². The van der Waals surface area contributed by atoms with Gasteiger partial charge in [0.2, 0.25) is 5.95 Å². The van der Waals surface area contributed by atoms with Gasteiger partial charge in [0, 0.05) is 32.2 Å². The molecule has 2 rings (SSSR count). The van der Waals surface area contributed by atoms with Crippen molar-refractivity contribution in [2.24, 2.45) is 0 Å². The zero-order valence-electron chi connectivity index (χ0n) is 10.4. The third kappa shape index (κ3) is 2.95. The van der Waals surface area contributed by atoms with Crippen LogP contribution >= 0.6 is 0 Å². The van der Waals surface area contributed by atoms with Gasteiger partial charge in [0.05, 0.1) is 0 Å². The topological polar surface area (TPSA) is 107 Å². The van der Waals surface area contributed by atoms with Gasteiger partial charge in [-0.05, 0) is 17.7 Å². The highest BCUT2D eigenvalue weighted by atomic mass is 16.1. The quantitative estimate of drug-likeness (QED) is 0.594. The third-order valence-electron chi connectivity index (χ3n) is 2.54. The maximum Gasteiger partial charge on any atom is 0.276 e. The lowest BCUT2D eigenvalue weighted by atomic mass is 10.3. The van der Waals surface area contributed by atoms with E-state index >= 15 is 0 Å². The molecule has 0 bridgehead atoms. The number of pyridine rings is 1. The lowest BCUT2D eigenvalue weighted by molar-refractivity contribution is 1.02. The van der Waals surface area contributed by atoms with Crippen LogP contribution in [0.15, 0.2) is 29.3 Å². The van der Waals surface area contributed by atoms with E-state index in [1.165, 1.54) is 0 Å². The van der Waals surface area contributed by atoms with Crippen LogP contribution in [-0.2, 0) is 6.54 Å². The number of aromatic amines is 1. The second-order valence-electron chi connectivity index (χ2n) is 3.78. The highest BCUT2D eigenvalue weighted by Gasteiger charge is 2.07. The van der Waals surface area contributed by atoms with Crippen molar-refractivity contribution in [3.8, 4) is 0 Å². The van der Waals surface area contributed by atoms with E-state index in [2.05, 4.69) is 25.6 Å². The number of hydrogen-bond acceptors (Lipinski definition) is 6. The van der Waals surface area contributed by atoms with Crippen LogP contribution < -0.4 is 16.2 Å². The molecule has 0 aromatic carbocycles. The summed E-state index contributed by atoms with van der Waals surface area (Å²) in [6.07, 6.45) is 4.43. The van der Waals surface area contributed by atoms with Gasteiger partial charge in [0.25, 0.3) is 5.56 Å². The van der Waals surface area contributed by atoms with Crippen LogP contribution in [0.4, 0.5) is 11.6 Å². The fraction of sp³-hybridized carbons (Fsp3) is 0.167.